The number of aryl methyl sites for hydroxylation is 2. The molecular formula is C14H21N5O. The minimum atomic E-state index is 0.521. The van der Waals surface area contributed by atoms with Gasteiger partial charge < -0.3 is 10.1 Å². The molecule has 0 aliphatic rings. The van der Waals surface area contributed by atoms with Gasteiger partial charge in [-0.25, -0.2) is 4.98 Å². The van der Waals surface area contributed by atoms with Gasteiger partial charge in [-0.15, -0.1) is 5.10 Å². The van der Waals surface area contributed by atoms with Crippen LogP contribution in [0.25, 0.3) is 0 Å². The summed E-state index contributed by atoms with van der Waals surface area (Å²) in [5.41, 5.74) is 1.85. The van der Waals surface area contributed by atoms with Crippen LogP contribution in [0.15, 0.2) is 6.07 Å². The van der Waals surface area contributed by atoms with Crippen molar-refractivity contribution in [1.82, 2.24) is 20.2 Å². The fourth-order valence-electron chi connectivity index (χ4n) is 1.76. The smallest absolute Gasteiger partial charge is 0.240 e. The van der Waals surface area contributed by atoms with Crippen LogP contribution in [0.4, 0.5) is 5.82 Å². The van der Waals surface area contributed by atoms with Crippen LogP contribution in [0, 0.1) is 13.8 Å². The molecule has 6 heteroatoms. The molecule has 6 nitrogen and oxygen atoms in total. The van der Waals surface area contributed by atoms with Gasteiger partial charge in [-0.3, -0.25) is 5.10 Å². The van der Waals surface area contributed by atoms with E-state index < -0.39 is 0 Å². The predicted molar refractivity (Wildman–Crippen MR) is 78.3 cm³/mol. The number of aromatic amines is 1. The molecule has 0 aliphatic carbocycles. The summed E-state index contributed by atoms with van der Waals surface area (Å²) in [4.78, 5) is 8.94. The average Bonchev–Trinajstić information content (AvgIpc) is 2.85. The van der Waals surface area contributed by atoms with Crippen LogP contribution >= 0.6 is 0 Å². The van der Waals surface area contributed by atoms with Crippen LogP contribution in [0.2, 0.25) is 0 Å². The molecule has 0 aliphatic heterocycles. The highest BCUT2D eigenvalue weighted by Crippen LogP contribution is 2.26. The van der Waals surface area contributed by atoms with E-state index in [-0.39, 0.29) is 0 Å². The molecule has 2 N–H and O–H groups in total. The topological polar surface area (TPSA) is 75.7 Å². The number of hydrogen-bond donors (Lipinski definition) is 2. The van der Waals surface area contributed by atoms with Gasteiger partial charge in [0.25, 0.3) is 0 Å². The van der Waals surface area contributed by atoms with Gasteiger partial charge in [0.2, 0.25) is 11.8 Å². The van der Waals surface area contributed by atoms with Crippen molar-refractivity contribution < 1.29 is 4.74 Å². The number of H-pyrrole nitrogens is 1. The molecule has 0 amide bonds. The highest BCUT2D eigenvalue weighted by molar-refractivity contribution is 5.49. The van der Waals surface area contributed by atoms with Crippen molar-refractivity contribution in [1.29, 1.82) is 0 Å². The van der Waals surface area contributed by atoms with Crippen molar-refractivity contribution in [3.05, 3.63) is 23.1 Å². The maximum atomic E-state index is 5.76. The molecular weight excluding hydrogens is 254 g/mol. The normalized spacial score (nSPS) is 10.6. The van der Waals surface area contributed by atoms with Crippen LogP contribution in [0.1, 0.15) is 37.4 Å². The Labute approximate surface area is 119 Å². The third-order valence-electron chi connectivity index (χ3n) is 2.89. The summed E-state index contributed by atoms with van der Waals surface area (Å²) >= 11 is 0. The molecule has 108 valence electrons. The minimum absolute atomic E-state index is 0.521. The minimum Gasteiger partial charge on any atom is -0.419 e. The lowest BCUT2D eigenvalue weighted by molar-refractivity contribution is 0.436. The quantitative estimate of drug-likeness (QED) is 0.847. The number of aromatic nitrogens is 4. The number of rotatable bonds is 6. The molecule has 0 atom stereocenters. The lowest BCUT2D eigenvalue weighted by atomic mass is 10.3. The largest absolute Gasteiger partial charge is 0.419 e. The molecule has 0 radical (unpaired) electrons. The molecule has 0 fully saturated rings. The monoisotopic (exact) mass is 275 g/mol. The highest BCUT2D eigenvalue weighted by atomic mass is 16.5. The van der Waals surface area contributed by atoms with Gasteiger partial charge >= 0.3 is 0 Å². The Kier molecular flexibility index (Phi) is 4.55. The Bertz CT molecular complexity index is 579. The average molecular weight is 275 g/mol. The number of ether oxygens (including phenoxy) is 1. The molecule has 2 rings (SSSR count). The highest BCUT2D eigenvalue weighted by Gasteiger charge is 2.13. The standard InChI is InChI=1S/C14H21N5O/c1-5-7-15-13-10(4)14(17-11(6-2)16-13)20-12-8-9(3)18-19-12/h8H,5-7H2,1-4H3,(H,18,19)(H,15,16,17). The van der Waals surface area contributed by atoms with Gasteiger partial charge in [-0.05, 0) is 20.3 Å². The second-order valence-corrected chi connectivity index (χ2v) is 4.69. The van der Waals surface area contributed by atoms with E-state index in [1.165, 1.54) is 0 Å². The SMILES string of the molecule is CCCNc1nc(CC)nc(Oc2cc(C)[nH]n2)c1C. The molecule has 0 saturated carbocycles. The number of nitrogens with one attached hydrogen (secondary N) is 2. The van der Waals surface area contributed by atoms with Crippen molar-refractivity contribution in [2.75, 3.05) is 11.9 Å². The summed E-state index contributed by atoms with van der Waals surface area (Å²) in [6, 6.07) is 1.84. The molecule has 0 spiro atoms. The van der Waals surface area contributed by atoms with Gasteiger partial charge in [-0.2, -0.15) is 4.98 Å². The van der Waals surface area contributed by atoms with Gasteiger partial charge in [0.15, 0.2) is 0 Å². The van der Waals surface area contributed by atoms with E-state index in [2.05, 4.69) is 32.4 Å². The Hall–Kier alpha value is -2.11. The van der Waals surface area contributed by atoms with E-state index >= 15 is 0 Å². The number of anilines is 1. The lowest BCUT2D eigenvalue weighted by Gasteiger charge is -2.12. The first kappa shape index (κ1) is 14.3. The van der Waals surface area contributed by atoms with Gasteiger partial charge in [-0.1, -0.05) is 13.8 Å². The molecule has 0 unspecified atom stereocenters. The molecule has 2 aromatic heterocycles. The molecule has 2 heterocycles. The number of hydrogen-bond acceptors (Lipinski definition) is 5. The summed E-state index contributed by atoms with van der Waals surface area (Å²) in [5, 5.41) is 10.2. The van der Waals surface area contributed by atoms with Crippen LogP contribution in [-0.4, -0.2) is 26.7 Å². The third kappa shape index (κ3) is 3.26. The third-order valence-corrected chi connectivity index (χ3v) is 2.89. The molecule has 0 bridgehead atoms. The zero-order valence-corrected chi connectivity index (χ0v) is 12.4. The van der Waals surface area contributed by atoms with Crippen LogP contribution in [0.5, 0.6) is 11.8 Å². The Balaban J connectivity index is 2.30. The fourth-order valence-corrected chi connectivity index (χ4v) is 1.76. The maximum Gasteiger partial charge on any atom is 0.240 e. The van der Waals surface area contributed by atoms with Crippen LogP contribution in [0.3, 0.4) is 0 Å². The molecule has 0 aromatic carbocycles. The zero-order valence-electron chi connectivity index (χ0n) is 12.4. The van der Waals surface area contributed by atoms with E-state index in [0.717, 1.165) is 42.3 Å². The summed E-state index contributed by atoms with van der Waals surface area (Å²) in [7, 11) is 0. The summed E-state index contributed by atoms with van der Waals surface area (Å²) in [6.45, 7) is 8.90. The fraction of sp³-hybridized carbons (Fsp3) is 0.500. The van der Waals surface area contributed by atoms with Crippen molar-refractivity contribution in [2.24, 2.45) is 0 Å². The summed E-state index contributed by atoms with van der Waals surface area (Å²) in [5.74, 6) is 2.67. The first-order valence-corrected chi connectivity index (χ1v) is 6.95. The molecule has 2 aromatic rings. The Morgan fingerprint density at radius 2 is 2.05 bits per heavy atom. The Morgan fingerprint density at radius 3 is 2.65 bits per heavy atom. The van der Waals surface area contributed by atoms with Gasteiger partial charge in [0.1, 0.15) is 11.6 Å². The first-order chi connectivity index (χ1) is 9.63. The van der Waals surface area contributed by atoms with Crippen molar-refractivity contribution in [2.45, 2.75) is 40.5 Å². The van der Waals surface area contributed by atoms with Crippen LogP contribution in [-0.2, 0) is 6.42 Å². The van der Waals surface area contributed by atoms with E-state index in [1.807, 2.05) is 26.8 Å². The van der Waals surface area contributed by atoms with Crippen molar-refractivity contribution >= 4 is 5.82 Å². The van der Waals surface area contributed by atoms with Crippen molar-refractivity contribution in [3.63, 3.8) is 0 Å². The van der Waals surface area contributed by atoms with E-state index in [4.69, 9.17) is 4.74 Å². The zero-order chi connectivity index (χ0) is 14.5. The van der Waals surface area contributed by atoms with Gasteiger partial charge in [0.05, 0.1) is 5.56 Å². The van der Waals surface area contributed by atoms with E-state index in [1.54, 1.807) is 0 Å². The first-order valence-electron chi connectivity index (χ1n) is 6.95. The van der Waals surface area contributed by atoms with Crippen LogP contribution < -0.4 is 10.1 Å². The lowest BCUT2D eigenvalue weighted by Crippen LogP contribution is -2.08. The number of nitrogens with zero attached hydrogens (tertiary/aromatic N) is 3. The molecule has 20 heavy (non-hydrogen) atoms. The second-order valence-electron chi connectivity index (χ2n) is 4.69. The summed E-state index contributed by atoms with van der Waals surface area (Å²) < 4.78 is 5.76. The second kappa shape index (κ2) is 6.36. The van der Waals surface area contributed by atoms with Gasteiger partial charge in [0, 0.05) is 24.7 Å². The van der Waals surface area contributed by atoms with E-state index in [9.17, 15) is 0 Å². The Morgan fingerprint density at radius 1 is 1.25 bits per heavy atom. The predicted octanol–water partition coefficient (Wildman–Crippen LogP) is 2.99. The summed E-state index contributed by atoms with van der Waals surface area (Å²) in [6.07, 6.45) is 1.80. The van der Waals surface area contributed by atoms with Crippen molar-refractivity contribution in [3.8, 4) is 11.8 Å². The van der Waals surface area contributed by atoms with E-state index in [0.29, 0.717) is 11.8 Å². The maximum absolute atomic E-state index is 5.76. The molecule has 0 saturated heterocycles.